The molecule has 3 rings (SSSR count). The molecule has 1 aliphatic heterocycles. The van der Waals surface area contributed by atoms with Crippen LogP contribution in [0.4, 0.5) is 0 Å². The van der Waals surface area contributed by atoms with Crippen molar-refractivity contribution < 1.29 is 14.1 Å². The molecular formula is C18H28N4O3. The van der Waals surface area contributed by atoms with E-state index in [9.17, 15) is 9.59 Å². The Labute approximate surface area is 148 Å². The fraction of sp³-hybridized carbons (Fsp3) is 0.778. The van der Waals surface area contributed by atoms with Crippen LogP contribution in [0.1, 0.15) is 56.7 Å². The van der Waals surface area contributed by atoms with Gasteiger partial charge in [0, 0.05) is 37.9 Å². The fourth-order valence-corrected chi connectivity index (χ4v) is 3.94. The Morgan fingerprint density at radius 2 is 1.88 bits per heavy atom. The van der Waals surface area contributed by atoms with Crippen LogP contribution in [0.15, 0.2) is 4.52 Å². The minimum atomic E-state index is -0.174. The number of nitrogens with zero attached hydrogens (tertiary/aromatic N) is 3. The maximum Gasteiger partial charge on any atom is 0.226 e. The zero-order valence-corrected chi connectivity index (χ0v) is 15.0. The molecule has 7 heteroatoms. The molecule has 2 heterocycles. The molecule has 0 spiro atoms. The molecule has 0 aromatic carbocycles. The van der Waals surface area contributed by atoms with Gasteiger partial charge in [-0.2, -0.15) is 4.98 Å². The Kier molecular flexibility index (Phi) is 6.04. The number of carbonyl (C=O) groups is 2. The van der Waals surface area contributed by atoms with Gasteiger partial charge in [-0.1, -0.05) is 18.0 Å². The average molecular weight is 348 g/mol. The predicted molar refractivity (Wildman–Crippen MR) is 91.6 cm³/mol. The predicted octanol–water partition coefficient (Wildman–Crippen LogP) is 1.86. The summed E-state index contributed by atoms with van der Waals surface area (Å²) in [7, 11) is 0. The first-order valence-corrected chi connectivity index (χ1v) is 9.51. The Balaban J connectivity index is 1.47. The topological polar surface area (TPSA) is 88.3 Å². The van der Waals surface area contributed by atoms with E-state index in [2.05, 4.69) is 15.5 Å². The van der Waals surface area contributed by atoms with Crippen LogP contribution in [0, 0.1) is 18.8 Å². The first-order valence-electron chi connectivity index (χ1n) is 9.51. The molecule has 0 radical (unpaired) electrons. The van der Waals surface area contributed by atoms with Crippen molar-refractivity contribution in [3.63, 3.8) is 0 Å². The SMILES string of the molecule is Cc1noc(CCCNC(=O)[C@H]2CCCC[C@@H]2C(=O)N2CCCC2)n1. The molecule has 25 heavy (non-hydrogen) atoms. The van der Waals surface area contributed by atoms with Crippen LogP contribution in [0.3, 0.4) is 0 Å². The van der Waals surface area contributed by atoms with E-state index in [-0.39, 0.29) is 23.7 Å². The van der Waals surface area contributed by atoms with Gasteiger partial charge in [-0.25, -0.2) is 0 Å². The molecule has 1 N–H and O–H groups in total. The molecule has 1 aromatic rings. The van der Waals surface area contributed by atoms with Crippen LogP contribution in [0.5, 0.6) is 0 Å². The second-order valence-corrected chi connectivity index (χ2v) is 7.16. The van der Waals surface area contributed by atoms with Gasteiger partial charge in [-0.05, 0) is 39.0 Å². The standard InChI is InChI=1S/C18H28N4O3/c1-13-20-16(25-21-13)9-6-10-19-17(23)14-7-2-3-8-15(14)18(24)22-11-4-5-12-22/h14-15H,2-12H2,1H3,(H,19,23)/t14-,15-/m0/s1. The zero-order chi connectivity index (χ0) is 17.6. The van der Waals surface area contributed by atoms with Crippen molar-refractivity contribution >= 4 is 11.8 Å². The van der Waals surface area contributed by atoms with E-state index in [1.807, 2.05) is 4.90 Å². The minimum Gasteiger partial charge on any atom is -0.356 e. The number of hydrogen-bond acceptors (Lipinski definition) is 5. The number of nitrogens with one attached hydrogen (secondary N) is 1. The third kappa shape index (κ3) is 4.58. The Hall–Kier alpha value is -1.92. The second-order valence-electron chi connectivity index (χ2n) is 7.16. The Bertz CT molecular complexity index is 595. The van der Waals surface area contributed by atoms with E-state index in [4.69, 9.17) is 4.52 Å². The molecule has 2 atom stereocenters. The first kappa shape index (κ1) is 17.9. The van der Waals surface area contributed by atoms with Crippen LogP contribution in [0.25, 0.3) is 0 Å². The van der Waals surface area contributed by atoms with E-state index in [0.29, 0.717) is 24.7 Å². The highest BCUT2D eigenvalue weighted by Crippen LogP contribution is 2.32. The Morgan fingerprint density at radius 3 is 2.56 bits per heavy atom. The van der Waals surface area contributed by atoms with Crippen LogP contribution < -0.4 is 5.32 Å². The molecule has 1 saturated carbocycles. The maximum absolute atomic E-state index is 12.8. The summed E-state index contributed by atoms with van der Waals surface area (Å²) in [5.41, 5.74) is 0. The van der Waals surface area contributed by atoms with E-state index < -0.39 is 0 Å². The number of carbonyl (C=O) groups excluding carboxylic acids is 2. The molecule has 2 amide bonds. The molecule has 7 nitrogen and oxygen atoms in total. The van der Waals surface area contributed by atoms with E-state index in [1.165, 1.54) is 0 Å². The van der Waals surface area contributed by atoms with Crippen LogP contribution in [-0.4, -0.2) is 46.5 Å². The number of rotatable bonds is 6. The van der Waals surface area contributed by atoms with Gasteiger partial charge in [0.2, 0.25) is 17.7 Å². The smallest absolute Gasteiger partial charge is 0.226 e. The van der Waals surface area contributed by atoms with E-state index >= 15 is 0 Å². The van der Waals surface area contributed by atoms with E-state index in [1.54, 1.807) is 6.92 Å². The quantitative estimate of drug-likeness (QED) is 0.793. The summed E-state index contributed by atoms with van der Waals surface area (Å²) in [4.78, 5) is 31.5. The molecular weight excluding hydrogens is 320 g/mol. The third-order valence-corrected chi connectivity index (χ3v) is 5.27. The van der Waals surface area contributed by atoms with Gasteiger partial charge >= 0.3 is 0 Å². The monoisotopic (exact) mass is 348 g/mol. The number of hydrogen-bond donors (Lipinski definition) is 1. The largest absolute Gasteiger partial charge is 0.356 e. The van der Waals surface area contributed by atoms with Crippen molar-refractivity contribution in [1.29, 1.82) is 0 Å². The second kappa shape index (κ2) is 8.45. The lowest BCUT2D eigenvalue weighted by Crippen LogP contribution is -2.44. The lowest BCUT2D eigenvalue weighted by atomic mass is 9.78. The maximum atomic E-state index is 12.8. The van der Waals surface area contributed by atoms with Gasteiger partial charge in [0.15, 0.2) is 5.82 Å². The summed E-state index contributed by atoms with van der Waals surface area (Å²) in [6.45, 7) is 4.07. The Morgan fingerprint density at radius 1 is 1.16 bits per heavy atom. The van der Waals surface area contributed by atoms with Crippen molar-refractivity contribution in [3.05, 3.63) is 11.7 Å². The van der Waals surface area contributed by atoms with Crippen molar-refractivity contribution in [2.24, 2.45) is 11.8 Å². The summed E-state index contributed by atoms with van der Waals surface area (Å²) in [5, 5.41) is 6.76. The summed E-state index contributed by atoms with van der Waals surface area (Å²) in [5.74, 6) is 1.14. The molecule has 1 aliphatic carbocycles. The highest BCUT2D eigenvalue weighted by molar-refractivity contribution is 5.88. The molecule has 0 unspecified atom stereocenters. The van der Waals surface area contributed by atoms with E-state index in [0.717, 1.165) is 58.0 Å². The van der Waals surface area contributed by atoms with Crippen molar-refractivity contribution in [1.82, 2.24) is 20.4 Å². The highest BCUT2D eigenvalue weighted by Gasteiger charge is 2.38. The third-order valence-electron chi connectivity index (χ3n) is 5.27. The first-order chi connectivity index (χ1) is 12.1. The van der Waals surface area contributed by atoms with Gasteiger partial charge in [0.25, 0.3) is 0 Å². The van der Waals surface area contributed by atoms with Gasteiger partial charge in [-0.15, -0.1) is 0 Å². The normalized spacial score (nSPS) is 23.6. The molecule has 0 bridgehead atoms. The van der Waals surface area contributed by atoms with Gasteiger partial charge < -0.3 is 14.7 Å². The summed E-state index contributed by atoms with van der Waals surface area (Å²) in [6, 6.07) is 0. The van der Waals surface area contributed by atoms with Gasteiger partial charge in [0.05, 0.1) is 0 Å². The lowest BCUT2D eigenvalue weighted by Gasteiger charge is -2.32. The van der Waals surface area contributed by atoms with Crippen molar-refractivity contribution in [2.45, 2.75) is 58.3 Å². The van der Waals surface area contributed by atoms with Crippen LogP contribution in [0.2, 0.25) is 0 Å². The number of aryl methyl sites for hydroxylation is 2. The van der Waals surface area contributed by atoms with Crippen LogP contribution in [-0.2, 0) is 16.0 Å². The number of aromatic nitrogens is 2. The molecule has 1 saturated heterocycles. The van der Waals surface area contributed by atoms with Crippen molar-refractivity contribution in [3.8, 4) is 0 Å². The fourth-order valence-electron chi connectivity index (χ4n) is 3.94. The van der Waals surface area contributed by atoms with Crippen molar-refractivity contribution in [2.75, 3.05) is 19.6 Å². The average Bonchev–Trinajstić information content (AvgIpc) is 3.30. The number of likely N-dealkylation sites (tertiary alicyclic amines) is 1. The lowest BCUT2D eigenvalue weighted by molar-refractivity contribution is -0.142. The molecule has 1 aromatic heterocycles. The summed E-state index contributed by atoms with van der Waals surface area (Å²) in [6.07, 6.45) is 7.32. The summed E-state index contributed by atoms with van der Waals surface area (Å²) >= 11 is 0. The van der Waals surface area contributed by atoms with Gasteiger partial charge in [0.1, 0.15) is 0 Å². The molecule has 138 valence electrons. The summed E-state index contributed by atoms with van der Waals surface area (Å²) < 4.78 is 5.07. The van der Waals surface area contributed by atoms with Crippen LogP contribution >= 0.6 is 0 Å². The molecule has 2 fully saturated rings. The molecule has 2 aliphatic rings. The number of amides is 2. The van der Waals surface area contributed by atoms with Gasteiger partial charge in [-0.3, -0.25) is 9.59 Å². The highest BCUT2D eigenvalue weighted by atomic mass is 16.5. The minimum absolute atomic E-state index is 0.0268. The zero-order valence-electron chi connectivity index (χ0n) is 15.0.